The number of thiocarbonyl (C=S) groups is 1. The van der Waals surface area contributed by atoms with Crippen molar-refractivity contribution in [3.8, 4) is 11.5 Å². The molecule has 0 saturated carbocycles. The fourth-order valence-corrected chi connectivity index (χ4v) is 4.18. The number of aliphatic carboxylic acids is 1. The van der Waals surface area contributed by atoms with Crippen molar-refractivity contribution in [2.24, 2.45) is 0 Å². The number of thioether (sulfide) groups is 1. The number of carbonyl (C=O) groups excluding carboxylic acids is 1. The Balaban J connectivity index is 1.90. The number of carboxylic acids is 1. The van der Waals surface area contributed by atoms with Crippen molar-refractivity contribution in [1.82, 2.24) is 0 Å². The lowest BCUT2D eigenvalue weighted by atomic mass is 10.1. The first-order valence-electron chi connectivity index (χ1n) is 9.62. The van der Waals surface area contributed by atoms with Gasteiger partial charge in [-0.25, -0.2) is 4.79 Å². The quantitative estimate of drug-likeness (QED) is 0.408. The Kier molecular flexibility index (Phi) is 7.33. The highest BCUT2D eigenvalue weighted by Gasteiger charge is 2.36. The van der Waals surface area contributed by atoms with E-state index in [1.165, 1.54) is 31.2 Å². The van der Waals surface area contributed by atoms with Crippen molar-refractivity contribution in [3.05, 3.63) is 58.5 Å². The highest BCUT2D eigenvalue weighted by Crippen LogP contribution is 2.39. The van der Waals surface area contributed by atoms with Gasteiger partial charge in [-0.05, 0) is 55.8 Å². The number of benzene rings is 2. The maximum Gasteiger partial charge on any atom is 0.416 e. The van der Waals surface area contributed by atoms with Crippen LogP contribution < -0.4 is 14.4 Å². The van der Waals surface area contributed by atoms with Crippen LogP contribution in [0.25, 0.3) is 6.08 Å². The van der Waals surface area contributed by atoms with Gasteiger partial charge in [0.1, 0.15) is 0 Å². The number of hydrogen-bond donors (Lipinski definition) is 1. The van der Waals surface area contributed by atoms with E-state index < -0.39 is 29.7 Å². The molecule has 1 saturated heterocycles. The van der Waals surface area contributed by atoms with Crippen LogP contribution in [0.5, 0.6) is 11.5 Å². The topological polar surface area (TPSA) is 76.1 Å². The van der Waals surface area contributed by atoms with Gasteiger partial charge in [0.05, 0.1) is 22.8 Å². The Morgan fingerprint density at radius 1 is 1.24 bits per heavy atom. The van der Waals surface area contributed by atoms with E-state index in [4.69, 9.17) is 26.8 Å². The number of alkyl halides is 3. The zero-order valence-electron chi connectivity index (χ0n) is 17.4. The molecule has 33 heavy (non-hydrogen) atoms. The van der Waals surface area contributed by atoms with Crippen LogP contribution in [0, 0.1) is 0 Å². The van der Waals surface area contributed by atoms with Gasteiger partial charge in [-0.3, -0.25) is 9.69 Å². The Morgan fingerprint density at radius 3 is 2.61 bits per heavy atom. The summed E-state index contributed by atoms with van der Waals surface area (Å²) in [7, 11) is 0. The first-order valence-corrected chi connectivity index (χ1v) is 10.8. The van der Waals surface area contributed by atoms with E-state index in [9.17, 15) is 22.8 Å². The second kappa shape index (κ2) is 9.84. The number of halogens is 3. The first-order chi connectivity index (χ1) is 15.5. The van der Waals surface area contributed by atoms with E-state index >= 15 is 0 Å². The Labute approximate surface area is 197 Å². The van der Waals surface area contributed by atoms with Crippen LogP contribution in [0.3, 0.4) is 0 Å². The third-order valence-electron chi connectivity index (χ3n) is 4.44. The van der Waals surface area contributed by atoms with E-state index in [-0.39, 0.29) is 26.4 Å². The molecule has 1 aliphatic rings. The summed E-state index contributed by atoms with van der Waals surface area (Å²) in [6, 6.07) is 9.08. The highest BCUT2D eigenvalue weighted by atomic mass is 32.2. The summed E-state index contributed by atoms with van der Waals surface area (Å²) in [4.78, 5) is 25.3. The minimum Gasteiger partial charge on any atom is -0.490 e. The summed E-state index contributed by atoms with van der Waals surface area (Å²) in [5.41, 5.74) is -0.318. The predicted molar refractivity (Wildman–Crippen MR) is 122 cm³/mol. The van der Waals surface area contributed by atoms with E-state index in [1.807, 2.05) is 0 Å². The molecule has 2 aromatic carbocycles. The zero-order chi connectivity index (χ0) is 24.3. The van der Waals surface area contributed by atoms with Crippen molar-refractivity contribution in [2.75, 3.05) is 11.5 Å². The number of carboxylic acid groups (broad SMARTS) is 1. The molecule has 2 aromatic rings. The van der Waals surface area contributed by atoms with Gasteiger partial charge in [0.25, 0.3) is 5.91 Å². The molecule has 0 bridgehead atoms. The Morgan fingerprint density at radius 2 is 1.97 bits per heavy atom. The molecule has 1 fully saturated rings. The van der Waals surface area contributed by atoms with E-state index in [0.717, 1.165) is 28.8 Å². The number of hydrogen-bond acceptors (Lipinski definition) is 6. The minimum atomic E-state index is -4.55. The number of amides is 1. The smallest absolute Gasteiger partial charge is 0.416 e. The Bertz CT molecular complexity index is 1130. The van der Waals surface area contributed by atoms with Crippen molar-refractivity contribution in [2.45, 2.75) is 26.1 Å². The molecule has 1 atom stereocenters. The molecule has 0 aromatic heterocycles. The maximum atomic E-state index is 13.1. The van der Waals surface area contributed by atoms with E-state index in [0.29, 0.717) is 12.2 Å². The zero-order valence-corrected chi connectivity index (χ0v) is 19.0. The molecule has 1 heterocycles. The molecule has 11 heteroatoms. The van der Waals surface area contributed by atoms with Crippen LogP contribution in [0.4, 0.5) is 18.9 Å². The fraction of sp³-hybridized carbons (Fsp3) is 0.227. The highest BCUT2D eigenvalue weighted by molar-refractivity contribution is 8.27. The second-order valence-corrected chi connectivity index (χ2v) is 8.48. The second-order valence-electron chi connectivity index (χ2n) is 6.80. The third-order valence-corrected chi connectivity index (χ3v) is 5.74. The van der Waals surface area contributed by atoms with E-state index in [2.05, 4.69) is 0 Å². The molecule has 1 unspecified atom stereocenters. The van der Waals surface area contributed by atoms with Crippen LogP contribution in [0.2, 0.25) is 0 Å². The van der Waals surface area contributed by atoms with Crippen LogP contribution >= 0.6 is 24.0 Å². The summed E-state index contributed by atoms with van der Waals surface area (Å²) < 4.78 is 50.2. The number of anilines is 1. The molecule has 0 spiro atoms. The molecular weight excluding hydrogens is 479 g/mol. The van der Waals surface area contributed by atoms with Crippen molar-refractivity contribution < 1.29 is 37.3 Å². The predicted octanol–water partition coefficient (Wildman–Crippen LogP) is 5.36. The standard InChI is InChI=1S/C22H18F3NO5S2/c1-3-30-17-9-13(7-8-16(17)31-12(2)20(28)29)10-18-19(27)26(21(32)33-18)15-6-4-5-14(11-15)22(23,24)25/h4-12H,3H2,1-2H3,(H,28,29)/b18-10+. The number of ether oxygens (including phenoxy) is 2. The number of nitrogens with zero attached hydrogens (tertiary/aromatic N) is 1. The lowest BCUT2D eigenvalue weighted by Gasteiger charge is -2.16. The van der Waals surface area contributed by atoms with Gasteiger partial charge in [0.15, 0.2) is 21.9 Å². The molecule has 1 amide bonds. The van der Waals surface area contributed by atoms with Gasteiger partial charge in [0.2, 0.25) is 0 Å². The SMILES string of the molecule is CCOc1cc(/C=C2/SC(=S)N(c3cccc(C(F)(F)F)c3)C2=O)ccc1OC(C)C(=O)O. The van der Waals surface area contributed by atoms with Gasteiger partial charge in [-0.2, -0.15) is 13.2 Å². The molecule has 0 aliphatic carbocycles. The van der Waals surface area contributed by atoms with Gasteiger partial charge in [-0.1, -0.05) is 36.1 Å². The van der Waals surface area contributed by atoms with Crippen molar-refractivity contribution in [1.29, 1.82) is 0 Å². The minimum absolute atomic E-state index is 0.0251. The average molecular weight is 498 g/mol. The molecule has 1 aliphatic heterocycles. The summed E-state index contributed by atoms with van der Waals surface area (Å²) in [5.74, 6) is -1.19. The lowest BCUT2D eigenvalue weighted by molar-refractivity contribution is -0.144. The normalized spacial score (nSPS) is 16.3. The molecule has 1 N–H and O–H groups in total. The first kappa shape index (κ1) is 24.6. The molecule has 6 nitrogen and oxygen atoms in total. The maximum absolute atomic E-state index is 13.1. The van der Waals surface area contributed by atoms with Crippen LogP contribution in [-0.2, 0) is 15.8 Å². The molecule has 0 radical (unpaired) electrons. The van der Waals surface area contributed by atoms with Gasteiger partial charge in [-0.15, -0.1) is 0 Å². The summed E-state index contributed by atoms with van der Waals surface area (Å²) in [6.07, 6.45) is -4.12. The van der Waals surface area contributed by atoms with Gasteiger partial charge in [0, 0.05) is 0 Å². The number of carbonyl (C=O) groups is 2. The van der Waals surface area contributed by atoms with Gasteiger partial charge >= 0.3 is 12.1 Å². The summed E-state index contributed by atoms with van der Waals surface area (Å²) in [5, 5.41) is 9.05. The van der Waals surface area contributed by atoms with E-state index in [1.54, 1.807) is 19.1 Å². The average Bonchev–Trinajstić information content (AvgIpc) is 3.02. The summed E-state index contributed by atoms with van der Waals surface area (Å²) in [6.45, 7) is 3.42. The fourth-order valence-electron chi connectivity index (χ4n) is 2.88. The third kappa shape index (κ3) is 5.66. The molecular formula is C22H18F3NO5S2. The monoisotopic (exact) mass is 497 g/mol. The van der Waals surface area contributed by atoms with Crippen molar-refractivity contribution >= 4 is 51.9 Å². The van der Waals surface area contributed by atoms with Crippen molar-refractivity contribution in [3.63, 3.8) is 0 Å². The van der Waals surface area contributed by atoms with Crippen LogP contribution in [-0.4, -0.2) is 34.0 Å². The molecule has 3 rings (SSSR count). The van der Waals surface area contributed by atoms with Gasteiger partial charge < -0.3 is 14.6 Å². The Hall–Kier alpha value is -3.05. The molecule has 174 valence electrons. The number of rotatable bonds is 7. The summed E-state index contributed by atoms with van der Waals surface area (Å²) >= 11 is 6.20. The lowest BCUT2D eigenvalue weighted by Crippen LogP contribution is -2.27. The van der Waals surface area contributed by atoms with Crippen LogP contribution in [0.15, 0.2) is 47.4 Å². The largest absolute Gasteiger partial charge is 0.490 e. The van der Waals surface area contributed by atoms with Crippen LogP contribution in [0.1, 0.15) is 25.0 Å².